The van der Waals surface area contributed by atoms with Crippen molar-refractivity contribution in [3.05, 3.63) is 95.6 Å². The number of nitrogens with one attached hydrogen (secondary N) is 1. The Kier molecular flexibility index (Phi) is 6.51. The lowest BCUT2D eigenvalue weighted by molar-refractivity contribution is -0.151. The SMILES string of the molecule is CCOc1ccccc1NC(=O)C(OC(=O)C1=Cc2ccccc2OC1)c1ccccc1. The molecule has 1 heterocycles. The first kappa shape index (κ1) is 21.2. The molecule has 3 aromatic rings. The summed E-state index contributed by atoms with van der Waals surface area (Å²) in [6.07, 6.45) is 0.586. The number of amides is 1. The van der Waals surface area contributed by atoms with Gasteiger partial charge >= 0.3 is 5.97 Å². The van der Waals surface area contributed by atoms with Crippen molar-refractivity contribution in [3.63, 3.8) is 0 Å². The molecule has 0 bridgehead atoms. The zero-order chi connectivity index (χ0) is 22.3. The first-order chi connectivity index (χ1) is 15.7. The summed E-state index contributed by atoms with van der Waals surface area (Å²) < 4.78 is 16.9. The minimum absolute atomic E-state index is 0.0755. The van der Waals surface area contributed by atoms with Crippen LogP contribution in [0.15, 0.2) is 84.4 Å². The van der Waals surface area contributed by atoms with Gasteiger partial charge in [0, 0.05) is 11.1 Å². The van der Waals surface area contributed by atoms with Crippen LogP contribution in [0, 0.1) is 0 Å². The number of carbonyl (C=O) groups excluding carboxylic acids is 2. The molecular formula is C26H23NO5. The largest absolute Gasteiger partial charge is 0.492 e. The van der Waals surface area contributed by atoms with Gasteiger partial charge in [0.25, 0.3) is 5.91 Å². The molecule has 0 radical (unpaired) electrons. The maximum absolute atomic E-state index is 13.2. The Labute approximate surface area is 186 Å². The number of anilines is 1. The number of ether oxygens (including phenoxy) is 3. The maximum Gasteiger partial charge on any atom is 0.338 e. The quantitative estimate of drug-likeness (QED) is 0.547. The van der Waals surface area contributed by atoms with Crippen LogP contribution in [0.3, 0.4) is 0 Å². The molecule has 6 heteroatoms. The summed E-state index contributed by atoms with van der Waals surface area (Å²) in [5, 5.41) is 2.83. The molecule has 1 aliphatic heterocycles. The van der Waals surface area contributed by atoms with Crippen LogP contribution in [0.2, 0.25) is 0 Å². The van der Waals surface area contributed by atoms with Gasteiger partial charge in [0.2, 0.25) is 6.10 Å². The highest BCUT2D eigenvalue weighted by atomic mass is 16.6. The fraction of sp³-hybridized carbons (Fsp3) is 0.154. The van der Waals surface area contributed by atoms with Gasteiger partial charge in [-0.1, -0.05) is 60.7 Å². The first-order valence-corrected chi connectivity index (χ1v) is 10.4. The van der Waals surface area contributed by atoms with Crippen molar-refractivity contribution in [2.24, 2.45) is 0 Å². The van der Waals surface area contributed by atoms with Crippen molar-refractivity contribution < 1.29 is 23.8 Å². The Morgan fingerprint density at radius 3 is 2.50 bits per heavy atom. The summed E-state index contributed by atoms with van der Waals surface area (Å²) in [6.45, 7) is 2.40. The van der Waals surface area contributed by atoms with Crippen LogP contribution in [0.4, 0.5) is 5.69 Å². The van der Waals surface area contributed by atoms with Gasteiger partial charge in [-0.15, -0.1) is 0 Å². The fourth-order valence-electron chi connectivity index (χ4n) is 3.37. The third kappa shape index (κ3) is 4.81. The van der Waals surface area contributed by atoms with Gasteiger partial charge in [0.05, 0.1) is 17.9 Å². The Balaban J connectivity index is 1.58. The molecule has 0 spiro atoms. The van der Waals surface area contributed by atoms with Crippen molar-refractivity contribution in [1.29, 1.82) is 0 Å². The van der Waals surface area contributed by atoms with E-state index < -0.39 is 18.0 Å². The zero-order valence-corrected chi connectivity index (χ0v) is 17.6. The predicted molar refractivity (Wildman–Crippen MR) is 121 cm³/mol. The normalized spacial score (nSPS) is 13.1. The summed E-state index contributed by atoms with van der Waals surface area (Å²) in [6, 6.07) is 23.4. The fourth-order valence-corrected chi connectivity index (χ4v) is 3.37. The van der Waals surface area contributed by atoms with Gasteiger partial charge in [0.1, 0.15) is 18.1 Å². The van der Waals surface area contributed by atoms with E-state index in [4.69, 9.17) is 14.2 Å². The number of carbonyl (C=O) groups is 2. The molecule has 0 fully saturated rings. The molecule has 0 aromatic heterocycles. The van der Waals surface area contributed by atoms with E-state index >= 15 is 0 Å². The second-order valence-electron chi connectivity index (χ2n) is 7.11. The number of benzene rings is 3. The summed E-state index contributed by atoms with van der Waals surface area (Å²) in [5.74, 6) is 0.159. The Morgan fingerprint density at radius 1 is 0.969 bits per heavy atom. The molecule has 0 saturated carbocycles. The van der Waals surface area contributed by atoms with Crippen LogP contribution >= 0.6 is 0 Å². The van der Waals surface area contributed by atoms with E-state index in [1.807, 2.05) is 43.3 Å². The molecule has 1 unspecified atom stereocenters. The number of hydrogen-bond acceptors (Lipinski definition) is 5. The van der Waals surface area contributed by atoms with E-state index in [2.05, 4.69) is 5.32 Å². The molecule has 0 aliphatic carbocycles. The lowest BCUT2D eigenvalue weighted by atomic mass is 10.1. The summed E-state index contributed by atoms with van der Waals surface area (Å²) in [5.41, 5.74) is 2.19. The van der Waals surface area contributed by atoms with Gasteiger partial charge in [0.15, 0.2) is 0 Å². The second-order valence-corrected chi connectivity index (χ2v) is 7.11. The zero-order valence-electron chi connectivity index (χ0n) is 17.6. The predicted octanol–water partition coefficient (Wildman–Crippen LogP) is 4.78. The monoisotopic (exact) mass is 429 g/mol. The van der Waals surface area contributed by atoms with Gasteiger partial charge in [-0.05, 0) is 31.2 Å². The third-order valence-electron chi connectivity index (χ3n) is 4.90. The Hall–Kier alpha value is -4.06. The standard InChI is InChI=1S/C26H23NO5/c1-2-30-23-15-9-7-13-21(23)27-25(28)24(18-10-4-3-5-11-18)32-26(29)20-16-19-12-6-8-14-22(19)31-17-20/h3-16,24H,2,17H2,1H3,(H,27,28). The van der Waals surface area contributed by atoms with Gasteiger partial charge < -0.3 is 19.5 Å². The van der Waals surface area contributed by atoms with E-state index in [0.29, 0.717) is 34.9 Å². The van der Waals surface area contributed by atoms with Gasteiger partial charge in [-0.25, -0.2) is 4.79 Å². The first-order valence-electron chi connectivity index (χ1n) is 10.4. The van der Waals surface area contributed by atoms with E-state index in [9.17, 15) is 9.59 Å². The maximum atomic E-state index is 13.2. The van der Waals surface area contributed by atoms with Crippen LogP contribution in [0.5, 0.6) is 11.5 Å². The van der Waals surface area contributed by atoms with Crippen molar-refractivity contribution in [1.82, 2.24) is 0 Å². The van der Waals surface area contributed by atoms with E-state index in [1.54, 1.807) is 48.5 Å². The number of esters is 1. The number of fused-ring (bicyclic) bond motifs is 1. The highest BCUT2D eigenvalue weighted by Gasteiger charge is 2.28. The smallest absolute Gasteiger partial charge is 0.338 e. The summed E-state index contributed by atoms with van der Waals surface area (Å²) in [7, 11) is 0. The third-order valence-corrected chi connectivity index (χ3v) is 4.90. The van der Waals surface area contributed by atoms with E-state index in [-0.39, 0.29) is 6.61 Å². The molecule has 162 valence electrons. The average Bonchev–Trinajstić information content (AvgIpc) is 2.84. The molecular weight excluding hydrogens is 406 g/mol. The van der Waals surface area contributed by atoms with Crippen molar-refractivity contribution in [2.75, 3.05) is 18.5 Å². The molecule has 0 saturated heterocycles. The van der Waals surface area contributed by atoms with Crippen LogP contribution < -0.4 is 14.8 Å². The Bertz CT molecular complexity index is 1140. The summed E-state index contributed by atoms with van der Waals surface area (Å²) in [4.78, 5) is 26.1. The molecule has 32 heavy (non-hydrogen) atoms. The second kappa shape index (κ2) is 9.83. The molecule has 6 nitrogen and oxygen atoms in total. The molecule has 1 atom stereocenters. The summed E-state index contributed by atoms with van der Waals surface area (Å²) >= 11 is 0. The Morgan fingerprint density at radius 2 is 1.69 bits per heavy atom. The highest BCUT2D eigenvalue weighted by Crippen LogP contribution is 2.29. The molecule has 3 aromatic carbocycles. The number of rotatable bonds is 7. The number of para-hydroxylation sites is 3. The van der Waals surface area contributed by atoms with E-state index in [1.165, 1.54) is 0 Å². The number of hydrogen-bond donors (Lipinski definition) is 1. The minimum atomic E-state index is -1.14. The lowest BCUT2D eigenvalue weighted by Gasteiger charge is -2.21. The highest BCUT2D eigenvalue weighted by molar-refractivity contribution is 6.00. The van der Waals surface area contributed by atoms with Crippen molar-refractivity contribution in [2.45, 2.75) is 13.0 Å². The van der Waals surface area contributed by atoms with Crippen molar-refractivity contribution in [3.8, 4) is 11.5 Å². The topological polar surface area (TPSA) is 73.9 Å². The van der Waals surface area contributed by atoms with Crippen LogP contribution in [-0.4, -0.2) is 25.1 Å². The lowest BCUT2D eigenvalue weighted by Crippen LogP contribution is -2.28. The minimum Gasteiger partial charge on any atom is -0.492 e. The molecule has 1 N–H and O–H groups in total. The van der Waals surface area contributed by atoms with Crippen LogP contribution in [0.25, 0.3) is 6.08 Å². The van der Waals surface area contributed by atoms with Gasteiger partial charge in [-0.3, -0.25) is 4.79 Å². The molecule has 1 amide bonds. The molecule has 1 aliphatic rings. The van der Waals surface area contributed by atoms with Gasteiger partial charge in [-0.2, -0.15) is 0 Å². The van der Waals surface area contributed by atoms with Crippen molar-refractivity contribution >= 4 is 23.6 Å². The van der Waals surface area contributed by atoms with E-state index in [0.717, 1.165) is 5.56 Å². The van der Waals surface area contributed by atoms with Crippen LogP contribution in [0.1, 0.15) is 24.2 Å². The van der Waals surface area contributed by atoms with Crippen LogP contribution in [-0.2, 0) is 14.3 Å². The molecule has 4 rings (SSSR count). The average molecular weight is 429 g/mol.